The molecule has 1 heterocycles. The van der Waals surface area contributed by atoms with Crippen molar-refractivity contribution in [1.29, 1.82) is 0 Å². The van der Waals surface area contributed by atoms with E-state index in [1.807, 2.05) is 13.1 Å². The van der Waals surface area contributed by atoms with Crippen LogP contribution in [0.1, 0.15) is 11.1 Å². The van der Waals surface area contributed by atoms with Gasteiger partial charge in [-0.1, -0.05) is 30.3 Å². The molecule has 0 bridgehead atoms. The minimum atomic E-state index is -0.164. The van der Waals surface area contributed by atoms with Gasteiger partial charge in [0.25, 0.3) is 0 Å². The Labute approximate surface area is 128 Å². The number of thiophene rings is 1. The van der Waals surface area contributed by atoms with E-state index < -0.39 is 0 Å². The summed E-state index contributed by atoms with van der Waals surface area (Å²) in [7, 11) is 1.97. The van der Waals surface area contributed by atoms with Crippen LogP contribution in [0.4, 0.5) is 4.39 Å². The van der Waals surface area contributed by atoms with Crippen LogP contribution >= 0.6 is 11.3 Å². The number of halogens is 1. The Bertz CT molecular complexity index is 735. The summed E-state index contributed by atoms with van der Waals surface area (Å²) in [6.07, 6.45) is 1.79. The highest BCUT2D eigenvalue weighted by Crippen LogP contribution is 2.27. The van der Waals surface area contributed by atoms with E-state index in [-0.39, 0.29) is 5.82 Å². The molecule has 1 atom stereocenters. The summed E-state index contributed by atoms with van der Waals surface area (Å²) in [4.78, 5) is 0. The van der Waals surface area contributed by atoms with Gasteiger partial charge in [0.15, 0.2) is 0 Å². The first kappa shape index (κ1) is 14.2. The maximum absolute atomic E-state index is 13.3. The number of benzene rings is 2. The molecule has 0 aliphatic heterocycles. The van der Waals surface area contributed by atoms with Crippen LogP contribution in [-0.2, 0) is 12.8 Å². The van der Waals surface area contributed by atoms with E-state index in [9.17, 15) is 4.39 Å². The summed E-state index contributed by atoms with van der Waals surface area (Å²) in [6.45, 7) is 0. The topological polar surface area (TPSA) is 12.0 Å². The van der Waals surface area contributed by atoms with Crippen molar-refractivity contribution in [2.45, 2.75) is 18.9 Å². The second-order valence-corrected chi connectivity index (χ2v) is 6.19. The number of likely N-dealkylation sites (N-methyl/N-ethyl adjacent to an activating group) is 1. The standard InChI is InChI=1S/C18H18FNS/c1-20-16(10-13-5-4-6-15(19)9-13)11-14-12-21-18-8-3-2-7-17(14)18/h2-9,12,16,20H,10-11H2,1H3. The molecule has 3 rings (SSSR count). The number of fused-ring (bicyclic) bond motifs is 1. The van der Waals surface area contributed by atoms with Crippen molar-refractivity contribution < 1.29 is 4.39 Å². The molecule has 0 amide bonds. The summed E-state index contributed by atoms with van der Waals surface area (Å²) < 4.78 is 14.6. The number of nitrogens with one attached hydrogen (secondary N) is 1. The molecule has 0 fully saturated rings. The van der Waals surface area contributed by atoms with Gasteiger partial charge in [-0.25, -0.2) is 4.39 Å². The number of rotatable bonds is 5. The van der Waals surface area contributed by atoms with E-state index in [1.165, 1.54) is 21.7 Å². The zero-order valence-corrected chi connectivity index (χ0v) is 12.8. The second-order valence-electron chi connectivity index (χ2n) is 5.28. The quantitative estimate of drug-likeness (QED) is 0.735. The van der Waals surface area contributed by atoms with Crippen molar-refractivity contribution in [3.05, 3.63) is 70.9 Å². The molecule has 0 aliphatic carbocycles. The molecule has 0 saturated carbocycles. The highest BCUT2D eigenvalue weighted by atomic mass is 32.1. The monoisotopic (exact) mass is 299 g/mol. The Morgan fingerprint density at radius 2 is 1.95 bits per heavy atom. The lowest BCUT2D eigenvalue weighted by molar-refractivity contribution is 0.555. The lowest BCUT2D eigenvalue weighted by Gasteiger charge is -2.16. The minimum absolute atomic E-state index is 0.164. The molecule has 0 saturated heterocycles. The van der Waals surface area contributed by atoms with E-state index in [1.54, 1.807) is 23.5 Å². The van der Waals surface area contributed by atoms with Crippen molar-refractivity contribution in [1.82, 2.24) is 5.32 Å². The molecule has 0 spiro atoms. The maximum Gasteiger partial charge on any atom is 0.123 e. The second kappa shape index (κ2) is 6.37. The molecule has 1 unspecified atom stereocenters. The van der Waals surface area contributed by atoms with Gasteiger partial charge in [-0.15, -0.1) is 11.3 Å². The molecule has 3 heteroatoms. The Balaban J connectivity index is 1.78. The summed E-state index contributed by atoms with van der Waals surface area (Å²) in [5.41, 5.74) is 2.40. The molecular weight excluding hydrogens is 281 g/mol. The molecule has 1 N–H and O–H groups in total. The van der Waals surface area contributed by atoms with Crippen LogP contribution in [0.5, 0.6) is 0 Å². The fourth-order valence-corrected chi connectivity index (χ4v) is 3.66. The number of hydrogen-bond acceptors (Lipinski definition) is 2. The van der Waals surface area contributed by atoms with Crippen molar-refractivity contribution >= 4 is 21.4 Å². The average Bonchev–Trinajstić information content (AvgIpc) is 2.90. The third-order valence-corrected chi connectivity index (χ3v) is 4.82. The van der Waals surface area contributed by atoms with Gasteiger partial charge in [-0.3, -0.25) is 0 Å². The maximum atomic E-state index is 13.3. The largest absolute Gasteiger partial charge is 0.316 e. The molecule has 0 aliphatic rings. The normalized spacial score (nSPS) is 12.7. The number of hydrogen-bond donors (Lipinski definition) is 1. The fraction of sp³-hybridized carbons (Fsp3) is 0.222. The first-order chi connectivity index (χ1) is 10.3. The third-order valence-electron chi connectivity index (χ3n) is 3.81. The van der Waals surface area contributed by atoms with Crippen LogP contribution in [-0.4, -0.2) is 13.1 Å². The fourth-order valence-electron chi connectivity index (χ4n) is 2.68. The summed E-state index contributed by atoms with van der Waals surface area (Å²) in [5, 5.41) is 6.93. The molecule has 0 radical (unpaired) electrons. The van der Waals surface area contributed by atoms with Crippen LogP contribution in [0.15, 0.2) is 53.9 Å². The first-order valence-corrected chi connectivity index (χ1v) is 8.01. The average molecular weight is 299 g/mol. The molecule has 2 aromatic carbocycles. The van der Waals surface area contributed by atoms with Gasteiger partial charge < -0.3 is 5.32 Å². The summed E-state index contributed by atoms with van der Waals surface area (Å²) in [5.74, 6) is -0.164. The first-order valence-electron chi connectivity index (χ1n) is 7.13. The molecule has 1 nitrogen and oxygen atoms in total. The molecule has 21 heavy (non-hydrogen) atoms. The third kappa shape index (κ3) is 3.31. The van der Waals surface area contributed by atoms with Gasteiger partial charge in [0.05, 0.1) is 0 Å². The van der Waals surface area contributed by atoms with Crippen LogP contribution < -0.4 is 5.32 Å². The van der Waals surface area contributed by atoms with Gasteiger partial charge >= 0.3 is 0 Å². The Morgan fingerprint density at radius 1 is 1.10 bits per heavy atom. The highest BCUT2D eigenvalue weighted by Gasteiger charge is 2.12. The minimum Gasteiger partial charge on any atom is -0.316 e. The van der Waals surface area contributed by atoms with E-state index in [0.29, 0.717) is 6.04 Å². The van der Waals surface area contributed by atoms with Crippen molar-refractivity contribution in [3.8, 4) is 0 Å². The van der Waals surface area contributed by atoms with Crippen molar-refractivity contribution in [3.63, 3.8) is 0 Å². The predicted octanol–water partition coefficient (Wildman–Crippen LogP) is 4.41. The zero-order chi connectivity index (χ0) is 14.7. The van der Waals surface area contributed by atoms with Crippen LogP contribution in [0.3, 0.4) is 0 Å². The Morgan fingerprint density at radius 3 is 2.76 bits per heavy atom. The van der Waals surface area contributed by atoms with Gasteiger partial charge in [0.2, 0.25) is 0 Å². The summed E-state index contributed by atoms with van der Waals surface area (Å²) in [6, 6.07) is 15.7. The zero-order valence-electron chi connectivity index (χ0n) is 12.0. The van der Waals surface area contributed by atoms with E-state index in [4.69, 9.17) is 0 Å². The molecule has 108 valence electrons. The Kier molecular flexibility index (Phi) is 4.32. The molecule has 1 aromatic heterocycles. The van der Waals surface area contributed by atoms with Gasteiger partial charge in [-0.2, -0.15) is 0 Å². The predicted molar refractivity (Wildman–Crippen MR) is 88.5 cm³/mol. The van der Waals surface area contributed by atoms with Crippen LogP contribution in [0, 0.1) is 5.82 Å². The van der Waals surface area contributed by atoms with E-state index in [0.717, 1.165) is 18.4 Å². The summed E-state index contributed by atoms with van der Waals surface area (Å²) >= 11 is 1.79. The Hall–Kier alpha value is -1.71. The van der Waals surface area contributed by atoms with Gasteiger partial charge in [-0.05, 0) is 60.0 Å². The van der Waals surface area contributed by atoms with Crippen LogP contribution in [0.2, 0.25) is 0 Å². The lowest BCUT2D eigenvalue weighted by atomic mass is 9.99. The SMILES string of the molecule is CNC(Cc1cccc(F)c1)Cc1csc2ccccc12. The van der Waals surface area contributed by atoms with Crippen LogP contribution in [0.25, 0.3) is 10.1 Å². The van der Waals surface area contributed by atoms with E-state index in [2.05, 4.69) is 35.0 Å². The molecule has 3 aromatic rings. The van der Waals surface area contributed by atoms with Gasteiger partial charge in [0.1, 0.15) is 5.82 Å². The molecular formula is C18H18FNS. The smallest absolute Gasteiger partial charge is 0.123 e. The lowest BCUT2D eigenvalue weighted by Crippen LogP contribution is -2.29. The van der Waals surface area contributed by atoms with Crippen molar-refractivity contribution in [2.24, 2.45) is 0 Å². The van der Waals surface area contributed by atoms with E-state index >= 15 is 0 Å². The van der Waals surface area contributed by atoms with Crippen molar-refractivity contribution in [2.75, 3.05) is 7.05 Å². The van der Waals surface area contributed by atoms with Gasteiger partial charge in [0, 0.05) is 10.7 Å². The highest BCUT2D eigenvalue weighted by molar-refractivity contribution is 7.17.